The number of carbonyl (C=O) groups excluding carboxylic acids is 1. The third kappa shape index (κ3) is 2.39. The molecular weight excluding hydrogens is 258 g/mol. The van der Waals surface area contributed by atoms with Crippen LogP contribution in [0.4, 0.5) is 0 Å². The molecule has 5 heteroatoms. The van der Waals surface area contributed by atoms with Crippen LogP contribution in [0.15, 0.2) is 35.3 Å². The molecule has 20 heavy (non-hydrogen) atoms. The minimum Gasteiger partial charge on any atom is -0.497 e. The third-order valence-electron chi connectivity index (χ3n) is 3.33. The number of carbonyl (C=O) groups is 1. The predicted octanol–water partition coefficient (Wildman–Crippen LogP) is 2.13. The van der Waals surface area contributed by atoms with Gasteiger partial charge in [-0.15, -0.1) is 0 Å². The molecule has 0 aliphatic carbocycles. The summed E-state index contributed by atoms with van der Waals surface area (Å²) in [7, 11) is 2.90. The summed E-state index contributed by atoms with van der Waals surface area (Å²) in [6, 6.07) is 6.42. The van der Waals surface area contributed by atoms with E-state index in [1.807, 2.05) is 6.92 Å². The molecule has 1 atom stereocenters. The van der Waals surface area contributed by atoms with E-state index in [1.165, 1.54) is 11.7 Å². The molecule has 0 aliphatic rings. The molecule has 0 amide bonds. The zero-order valence-corrected chi connectivity index (χ0v) is 11.8. The van der Waals surface area contributed by atoms with Gasteiger partial charge >= 0.3 is 5.97 Å². The van der Waals surface area contributed by atoms with Gasteiger partial charge in [-0.1, -0.05) is 6.92 Å². The Labute approximate surface area is 116 Å². The van der Waals surface area contributed by atoms with E-state index in [2.05, 4.69) is 0 Å². The van der Waals surface area contributed by atoms with Crippen molar-refractivity contribution in [3.63, 3.8) is 0 Å². The minimum atomic E-state index is -0.598. The first kappa shape index (κ1) is 14.1. The van der Waals surface area contributed by atoms with Crippen LogP contribution in [0, 0.1) is 0 Å². The lowest BCUT2D eigenvalue weighted by atomic mass is 10.1. The molecular formula is C15H17NO4. The van der Waals surface area contributed by atoms with E-state index in [0.717, 1.165) is 5.39 Å². The lowest BCUT2D eigenvalue weighted by molar-refractivity contribution is -0.144. The summed E-state index contributed by atoms with van der Waals surface area (Å²) < 4.78 is 11.3. The maximum atomic E-state index is 12.5. The second-order valence-electron chi connectivity index (χ2n) is 4.43. The van der Waals surface area contributed by atoms with E-state index >= 15 is 0 Å². The molecule has 2 rings (SSSR count). The van der Waals surface area contributed by atoms with Gasteiger partial charge in [-0.05, 0) is 36.1 Å². The fourth-order valence-corrected chi connectivity index (χ4v) is 2.23. The number of fused-ring (bicyclic) bond motifs is 1. The second-order valence-corrected chi connectivity index (χ2v) is 4.43. The summed E-state index contributed by atoms with van der Waals surface area (Å²) in [5, 5.41) is 1.33. The first-order chi connectivity index (χ1) is 9.62. The quantitative estimate of drug-likeness (QED) is 0.802. The van der Waals surface area contributed by atoms with E-state index in [9.17, 15) is 9.59 Å². The highest BCUT2D eigenvalue weighted by Gasteiger charge is 2.20. The van der Waals surface area contributed by atoms with Gasteiger partial charge in [0.25, 0.3) is 5.56 Å². The fraction of sp³-hybridized carbons (Fsp3) is 0.333. The number of benzene rings is 1. The van der Waals surface area contributed by atoms with Gasteiger partial charge in [-0.3, -0.25) is 4.79 Å². The summed E-state index contributed by atoms with van der Waals surface area (Å²) in [6.45, 7) is 1.84. The van der Waals surface area contributed by atoms with E-state index in [0.29, 0.717) is 17.6 Å². The van der Waals surface area contributed by atoms with Gasteiger partial charge in [-0.25, -0.2) is 4.79 Å². The van der Waals surface area contributed by atoms with Gasteiger partial charge in [0.2, 0.25) is 0 Å². The number of methoxy groups -OCH3 is 2. The average molecular weight is 275 g/mol. The normalized spacial score (nSPS) is 12.2. The van der Waals surface area contributed by atoms with Crippen molar-refractivity contribution in [2.75, 3.05) is 14.2 Å². The Balaban J connectivity index is 2.59. The summed E-state index contributed by atoms with van der Waals surface area (Å²) >= 11 is 0. The highest BCUT2D eigenvalue weighted by atomic mass is 16.5. The standard InChI is InChI=1S/C15H17NO4/c1-4-13(15(18)20-3)16-8-7-10-9-11(19-2)5-6-12(10)14(16)17/h5-9,13H,4H2,1-3H3. The van der Waals surface area contributed by atoms with Gasteiger partial charge in [0, 0.05) is 11.6 Å². The van der Waals surface area contributed by atoms with Crippen molar-refractivity contribution in [1.29, 1.82) is 0 Å². The van der Waals surface area contributed by atoms with Crippen molar-refractivity contribution in [3.8, 4) is 5.75 Å². The van der Waals surface area contributed by atoms with Crippen molar-refractivity contribution in [1.82, 2.24) is 4.57 Å². The predicted molar refractivity (Wildman–Crippen MR) is 76.1 cm³/mol. The molecule has 0 radical (unpaired) electrons. The number of nitrogens with zero attached hydrogens (tertiary/aromatic N) is 1. The molecule has 0 saturated heterocycles. The van der Waals surface area contributed by atoms with Crippen LogP contribution in [0.25, 0.3) is 10.8 Å². The van der Waals surface area contributed by atoms with Crippen molar-refractivity contribution in [3.05, 3.63) is 40.8 Å². The average Bonchev–Trinajstić information content (AvgIpc) is 2.49. The van der Waals surface area contributed by atoms with Crippen LogP contribution < -0.4 is 10.3 Å². The fourth-order valence-electron chi connectivity index (χ4n) is 2.23. The Morgan fingerprint density at radius 3 is 2.65 bits per heavy atom. The first-order valence-corrected chi connectivity index (χ1v) is 6.39. The zero-order valence-electron chi connectivity index (χ0n) is 11.8. The van der Waals surface area contributed by atoms with Crippen LogP contribution in [-0.4, -0.2) is 24.8 Å². The van der Waals surface area contributed by atoms with E-state index in [1.54, 1.807) is 37.6 Å². The summed E-state index contributed by atoms with van der Waals surface area (Å²) in [6.07, 6.45) is 2.11. The Hall–Kier alpha value is -2.30. The molecule has 0 aliphatic heterocycles. The van der Waals surface area contributed by atoms with Crippen LogP contribution in [0.3, 0.4) is 0 Å². The van der Waals surface area contributed by atoms with Crippen LogP contribution in [0.2, 0.25) is 0 Å². The number of aromatic nitrogens is 1. The Morgan fingerprint density at radius 2 is 2.05 bits per heavy atom. The van der Waals surface area contributed by atoms with Gasteiger partial charge in [0.1, 0.15) is 11.8 Å². The van der Waals surface area contributed by atoms with Crippen molar-refractivity contribution < 1.29 is 14.3 Å². The Bertz CT molecular complexity index is 690. The van der Waals surface area contributed by atoms with Gasteiger partial charge < -0.3 is 14.0 Å². The second kappa shape index (κ2) is 5.77. The molecule has 0 saturated carbocycles. The number of ether oxygens (including phenoxy) is 2. The molecule has 1 aromatic carbocycles. The summed E-state index contributed by atoms with van der Waals surface area (Å²) in [5.41, 5.74) is -0.206. The van der Waals surface area contributed by atoms with E-state index in [-0.39, 0.29) is 5.56 Å². The largest absolute Gasteiger partial charge is 0.497 e. The zero-order chi connectivity index (χ0) is 14.7. The van der Waals surface area contributed by atoms with Gasteiger partial charge in [-0.2, -0.15) is 0 Å². The lowest BCUT2D eigenvalue weighted by Gasteiger charge is -2.16. The van der Waals surface area contributed by atoms with Crippen molar-refractivity contribution in [2.24, 2.45) is 0 Å². The maximum Gasteiger partial charge on any atom is 0.328 e. The molecule has 0 N–H and O–H groups in total. The first-order valence-electron chi connectivity index (χ1n) is 6.39. The SMILES string of the molecule is CCC(C(=O)OC)n1ccc2cc(OC)ccc2c1=O. The van der Waals surface area contributed by atoms with Crippen molar-refractivity contribution >= 4 is 16.7 Å². The molecule has 5 nitrogen and oxygen atoms in total. The summed E-state index contributed by atoms with van der Waals surface area (Å²) in [4.78, 5) is 24.2. The number of rotatable bonds is 4. The monoisotopic (exact) mass is 275 g/mol. The van der Waals surface area contributed by atoms with Gasteiger partial charge in [0.05, 0.1) is 14.2 Å². The Morgan fingerprint density at radius 1 is 1.30 bits per heavy atom. The lowest BCUT2D eigenvalue weighted by Crippen LogP contribution is -2.29. The van der Waals surface area contributed by atoms with Crippen LogP contribution in [-0.2, 0) is 9.53 Å². The van der Waals surface area contributed by atoms with Crippen LogP contribution in [0.5, 0.6) is 5.75 Å². The third-order valence-corrected chi connectivity index (χ3v) is 3.33. The molecule has 2 aromatic rings. The molecule has 0 bridgehead atoms. The molecule has 106 valence electrons. The highest BCUT2D eigenvalue weighted by Crippen LogP contribution is 2.19. The highest BCUT2D eigenvalue weighted by molar-refractivity contribution is 5.83. The number of pyridine rings is 1. The summed E-state index contributed by atoms with van der Waals surface area (Å²) in [5.74, 6) is 0.275. The van der Waals surface area contributed by atoms with Crippen LogP contribution in [0.1, 0.15) is 19.4 Å². The minimum absolute atomic E-state index is 0.206. The van der Waals surface area contributed by atoms with E-state index in [4.69, 9.17) is 9.47 Å². The molecule has 0 fully saturated rings. The van der Waals surface area contributed by atoms with Crippen molar-refractivity contribution in [2.45, 2.75) is 19.4 Å². The van der Waals surface area contributed by atoms with E-state index < -0.39 is 12.0 Å². The Kier molecular flexibility index (Phi) is 4.08. The number of hydrogen-bond donors (Lipinski definition) is 0. The number of esters is 1. The molecule has 1 unspecified atom stereocenters. The maximum absolute atomic E-state index is 12.5. The van der Waals surface area contributed by atoms with Gasteiger partial charge in [0.15, 0.2) is 0 Å². The molecule has 1 heterocycles. The molecule has 0 spiro atoms. The van der Waals surface area contributed by atoms with Crippen LogP contribution >= 0.6 is 0 Å². The number of hydrogen-bond acceptors (Lipinski definition) is 4. The smallest absolute Gasteiger partial charge is 0.328 e. The molecule has 1 aromatic heterocycles. The topological polar surface area (TPSA) is 57.5 Å².